The number of carbonyl (C=O) groups is 2. The Bertz CT molecular complexity index is 480. The Hall–Kier alpha value is -1.88. The molecule has 0 fully saturated rings. The van der Waals surface area contributed by atoms with Crippen LogP contribution in [-0.4, -0.2) is 25.2 Å². The third-order valence-corrected chi connectivity index (χ3v) is 3.41. The average molecular weight is 293 g/mol. The molecule has 5 nitrogen and oxygen atoms in total. The number of ether oxygens (including phenoxy) is 2. The molecule has 0 aliphatic carbocycles. The molecule has 2 N–H and O–H groups in total. The van der Waals surface area contributed by atoms with Crippen LogP contribution in [0.2, 0.25) is 0 Å². The number of rotatable bonds is 7. The Morgan fingerprint density at radius 2 is 1.67 bits per heavy atom. The van der Waals surface area contributed by atoms with E-state index in [1.54, 1.807) is 24.3 Å². The van der Waals surface area contributed by atoms with Crippen molar-refractivity contribution in [3.8, 4) is 0 Å². The lowest BCUT2D eigenvalue weighted by Gasteiger charge is -2.20. The Balaban J connectivity index is 2.35. The van der Waals surface area contributed by atoms with Gasteiger partial charge in [0.25, 0.3) is 0 Å². The zero-order valence-electron chi connectivity index (χ0n) is 12.8. The molecule has 0 spiro atoms. The first-order valence-corrected chi connectivity index (χ1v) is 7.04. The topological polar surface area (TPSA) is 78.6 Å². The van der Waals surface area contributed by atoms with Gasteiger partial charge in [-0.2, -0.15) is 0 Å². The van der Waals surface area contributed by atoms with Gasteiger partial charge in [0.15, 0.2) is 0 Å². The number of nitrogens with two attached hydrogens (primary N) is 1. The fraction of sp³-hybridized carbons (Fsp3) is 0.500. The molecule has 1 rings (SSSR count). The van der Waals surface area contributed by atoms with Gasteiger partial charge in [-0.25, -0.2) is 4.79 Å². The van der Waals surface area contributed by atoms with Crippen LogP contribution in [0.15, 0.2) is 24.3 Å². The SMILES string of the molecule is CCC(C)(C)C(=O)OCCOC(=O)c1ccc(CN)cc1. The molecule has 0 bridgehead atoms. The van der Waals surface area contributed by atoms with Gasteiger partial charge in [0.05, 0.1) is 11.0 Å². The third kappa shape index (κ3) is 5.19. The molecule has 0 amide bonds. The minimum absolute atomic E-state index is 0.0447. The molecule has 0 heterocycles. The van der Waals surface area contributed by atoms with Gasteiger partial charge in [-0.15, -0.1) is 0 Å². The normalized spacial score (nSPS) is 11.0. The van der Waals surface area contributed by atoms with Crippen molar-refractivity contribution in [2.45, 2.75) is 33.7 Å². The Kier molecular flexibility index (Phi) is 6.37. The molecular weight excluding hydrogens is 270 g/mol. The standard InChI is InChI=1S/C16H23NO4/c1-4-16(2,3)15(19)21-10-9-20-14(18)13-7-5-12(11-17)6-8-13/h5-8H,4,9-11,17H2,1-3H3. The number of esters is 2. The molecule has 116 valence electrons. The summed E-state index contributed by atoms with van der Waals surface area (Å²) in [5.74, 6) is -0.724. The van der Waals surface area contributed by atoms with Crippen LogP contribution in [0.1, 0.15) is 43.1 Å². The number of carbonyl (C=O) groups excluding carboxylic acids is 2. The maximum atomic E-state index is 11.7. The molecule has 0 saturated carbocycles. The van der Waals surface area contributed by atoms with Crippen LogP contribution in [0.25, 0.3) is 0 Å². The van der Waals surface area contributed by atoms with Crippen LogP contribution in [0.4, 0.5) is 0 Å². The van der Waals surface area contributed by atoms with E-state index in [1.807, 2.05) is 20.8 Å². The van der Waals surface area contributed by atoms with Crippen LogP contribution in [0, 0.1) is 5.41 Å². The summed E-state index contributed by atoms with van der Waals surface area (Å²) in [5, 5.41) is 0. The quantitative estimate of drug-likeness (QED) is 0.616. The van der Waals surface area contributed by atoms with Crippen LogP contribution in [-0.2, 0) is 20.8 Å². The maximum absolute atomic E-state index is 11.7. The predicted molar refractivity (Wildman–Crippen MR) is 79.6 cm³/mol. The summed E-state index contributed by atoms with van der Waals surface area (Å²) in [6, 6.07) is 6.88. The molecule has 0 aliphatic rings. The van der Waals surface area contributed by atoms with Gasteiger partial charge in [0, 0.05) is 6.54 Å². The van der Waals surface area contributed by atoms with Gasteiger partial charge < -0.3 is 15.2 Å². The molecule has 5 heteroatoms. The van der Waals surface area contributed by atoms with E-state index in [0.717, 1.165) is 5.56 Å². The van der Waals surface area contributed by atoms with Crippen molar-refractivity contribution in [2.24, 2.45) is 11.1 Å². The molecule has 0 aliphatic heterocycles. The molecule has 0 unspecified atom stereocenters. The van der Waals surface area contributed by atoms with E-state index in [1.165, 1.54) is 0 Å². The van der Waals surface area contributed by atoms with Crippen molar-refractivity contribution < 1.29 is 19.1 Å². The smallest absolute Gasteiger partial charge is 0.338 e. The molecule has 0 aromatic heterocycles. The Labute approximate surface area is 125 Å². The summed E-state index contributed by atoms with van der Waals surface area (Å²) in [4.78, 5) is 23.5. The lowest BCUT2D eigenvalue weighted by Crippen LogP contribution is -2.27. The van der Waals surface area contributed by atoms with Crippen molar-refractivity contribution in [1.29, 1.82) is 0 Å². The number of hydrogen-bond donors (Lipinski definition) is 1. The fourth-order valence-corrected chi connectivity index (χ4v) is 1.47. The van der Waals surface area contributed by atoms with Crippen LogP contribution < -0.4 is 5.73 Å². The van der Waals surface area contributed by atoms with Crippen molar-refractivity contribution in [3.63, 3.8) is 0 Å². The summed E-state index contributed by atoms with van der Waals surface area (Å²) in [6.45, 7) is 6.10. The fourth-order valence-electron chi connectivity index (χ4n) is 1.47. The lowest BCUT2D eigenvalue weighted by atomic mass is 9.91. The second-order valence-electron chi connectivity index (χ2n) is 5.41. The van der Waals surface area contributed by atoms with Crippen molar-refractivity contribution in [2.75, 3.05) is 13.2 Å². The first-order valence-electron chi connectivity index (χ1n) is 7.04. The van der Waals surface area contributed by atoms with Gasteiger partial charge in [-0.3, -0.25) is 4.79 Å². The highest BCUT2D eigenvalue weighted by Gasteiger charge is 2.26. The second kappa shape index (κ2) is 7.78. The number of hydrogen-bond acceptors (Lipinski definition) is 5. The Morgan fingerprint density at radius 1 is 1.10 bits per heavy atom. The van der Waals surface area contributed by atoms with Crippen LogP contribution in [0.5, 0.6) is 0 Å². The van der Waals surface area contributed by atoms with E-state index in [2.05, 4.69) is 0 Å². The summed E-state index contributed by atoms with van der Waals surface area (Å²) in [7, 11) is 0. The molecular formula is C16H23NO4. The monoisotopic (exact) mass is 293 g/mol. The van der Waals surface area contributed by atoms with E-state index >= 15 is 0 Å². The van der Waals surface area contributed by atoms with E-state index in [-0.39, 0.29) is 19.2 Å². The summed E-state index contributed by atoms with van der Waals surface area (Å²) >= 11 is 0. The highest BCUT2D eigenvalue weighted by Crippen LogP contribution is 2.21. The number of benzene rings is 1. The van der Waals surface area contributed by atoms with Gasteiger partial charge >= 0.3 is 11.9 Å². The Morgan fingerprint density at radius 3 is 2.19 bits per heavy atom. The average Bonchev–Trinajstić information content (AvgIpc) is 2.51. The summed E-state index contributed by atoms with van der Waals surface area (Å²) in [6.07, 6.45) is 0.694. The van der Waals surface area contributed by atoms with Crippen molar-refractivity contribution >= 4 is 11.9 Å². The largest absolute Gasteiger partial charge is 0.462 e. The van der Waals surface area contributed by atoms with Gasteiger partial charge in [0.2, 0.25) is 0 Å². The van der Waals surface area contributed by atoms with E-state index in [0.29, 0.717) is 18.5 Å². The van der Waals surface area contributed by atoms with E-state index in [9.17, 15) is 9.59 Å². The van der Waals surface area contributed by atoms with Gasteiger partial charge in [0.1, 0.15) is 13.2 Å². The molecule has 0 radical (unpaired) electrons. The highest BCUT2D eigenvalue weighted by molar-refractivity contribution is 5.89. The first-order chi connectivity index (χ1) is 9.90. The summed E-state index contributed by atoms with van der Waals surface area (Å²) < 4.78 is 10.1. The minimum atomic E-state index is -0.512. The zero-order valence-corrected chi connectivity index (χ0v) is 12.8. The van der Waals surface area contributed by atoms with Gasteiger partial charge in [-0.1, -0.05) is 19.1 Å². The van der Waals surface area contributed by atoms with Gasteiger partial charge in [-0.05, 0) is 38.0 Å². The molecule has 21 heavy (non-hydrogen) atoms. The van der Waals surface area contributed by atoms with E-state index < -0.39 is 11.4 Å². The highest BCUT2D eigenvalue weighted by atomic mass is 16.6. The maximum Gasteiger partial charge on any atom is 0.338 e. The third-order valence-electron chi connectivity index (χ3n) is 3.41. The second-order valence-corrected chi connectivity index (χ2v) is 5.41. The van der Waals surface area contributed by atoms with E-state index in [4.69, 9.17) is 15.2 Å². The molecule has 0 saturated heterocycles. The predicted octanol–water partition coefficient (Wildman–Crippen LogP) is 2.28. The van der Waals surface area contributed by atoms with Crippen LogP contribution in [0.3, 0.4) is 0 Å². The molecule has 0 atom stereocenters. The summed E-state index contributed by atoms with van der Waals surface area (Å²) in [5.41, 5.74) is 6.37. The van der Waals surface area contributed by atoms with Crippen molar-refractivity contribution in [1.82, 2.24) is 0 Å². The lowest BCUT2D eigenvalue weighted by molar-refractivity contribution is -0.155. The van der Waals surface area contributed by atoms with Crippen LogP contribution >= 0.6 is 0 Å². The zero-order chi connectivity index (χ0) is 15.9. The first kappa shape index (κ1) is 17.2. The molecule has 1 aromatic carbocycles. The van der Waals surface area contributed by atoms with Crippen molar-refractivity contribution in [3.05, 3.63) is 35.4 Å². The minimum Gasteiger partial charge on any atom is -0.462 e. The molecule has 1 aromatic rings.